The van der Waals surface area contributed by atoms with Gasteiger partial charge in [-0.3, -0.25) is 4.68 Å². The minimum atomic E-state index is 0.292. The second kappa shape index (κ2) is 7.10. The lowest BCUT2D eigenvalue weighted by Crippen LogP contribution is -2.19. The first-order valence-corrected chi connectivity index (χ1v) is 7.15. The SMILES string of the molecule is CCNC(C)c1ccc(C)cc1OCCn1cccn1. The third-order valence-electron chi connectivity index (χ3n) is 3.28. The summed E-state index contributed by atoms with van der Waals surface area (Å²) >= 11 is 0. The summed E-state index contributed by atoms with van der Waals surface area (Å²) in [5, 5.41) is 7.60. The first-order valence-electron chi connectivity index (χ1n) is 7.15. The largest absolute Gasteiger partial charge is 0.491 e. The van der Waals surface area contributed by atoms with E-state index in [1.807, 2.05) is 16.9 Å². The molecule has 0 saturated heterocycles. The van der Waals surface area contributed by atoms with Gasteiger partial charge < -0.3 is 10.1 Å². The van der Waals surface area contributed by atoms with Crippen molar-refractivity contribution in [1.29, 1.82) is 0 Å². The summed E-state index contributed by atoms with van der Waals surface area (Å²) < 4.78 is 7.84. The minimum absolute atomic E-state index is 0.292. The van der Waals surface area contributed by atoms with Crippen molar-refractivity contribution in [2.45, 2.75) is 33.4 Å². The van der Waals surface area contributed by atoms with Gasteiger partial charge in [0, 0.05) is 24.0 Å². The molecular weight excluding hydrogens is 250 g/mol. The van der Waals surface area contributed by atoms with E-state index in [1.54, 1.807) is 6.20 Å². The Balaban J connectivity index is 2.03. The normalized spacial score (nSPS) is 12.3. The van der Waals surface area contributed by atoms with Gasteiger partial charge in [0.1, 0.15) is 12.4 Å². The molecule has 0 spiro atoms. The van der Waals surface area contributed by atoms with Gasteiger partial charge in [-0.05, 0) is 38.1 Å². The number of nitrogens with zero attached hydrogens (tertiary/aromatic N) is 2. The van der Waals surface area contributed by atoms with E-state index in [1.165, 1.54) is 11.1 Å². The fourth-order valence-corrected chi connectivity index (χ4v) is 2.22. The number of rotatable bonds is 7. The molecule has 108 valence electrons. The van der Waals surface area contributed by atoms with E-state index in [0.717, 1.165) is 18.8 Å². The van der Waals surface area contributed by atoms with Crippen molar-refractivity contribution in [2.75, 3.05) is 13.2 Å². The van der Waals surface area contributed by atoms with Gasteiger partial charge in [0.2, 0.25) is 0 Å². The van der Waals surface area contributed by atoms with Crippen molar-refractivity contribution in [3.8, 4) is 5.75 Å². The van der Waals surface area contributed by atoms with E-state index in [2.05, 4.69) is 49.4 Å². The molecule has 0 radical (unpaired) electrons. The molecule has 2 rings (SSSR count). The van der Waals surface area contributed by atoms with Crippen molar-refractivity contribution in [1.82, 2.24) is 15.1 Å². The number of nitrogens with one attached hydrogen (secondary N) is 1. The van der Waals surface area contributed by atoms with Gasteiger partial charge in [-0.2, -0.15) is 5.10 Å². The highest BCUT2D eigenvalue weighted by atomic mass is 16.5. The first kappa shape index (κ1) is 14.6. The van der Waals surface area contributed by atoms with Crippen LogP contribution in [0.3, 0.4) is 0 Å². The molecule has 1 N–H and O–H groups in total. The van der Waals surface area contributed by atoms with Gasteiger partial charge in [0.15, 0.2) is 0 Å². The molecule has 4 nitrogen and oxygen atoms in total. The van der Waals surface area contributed by atoms with E-state index in [-0.39, 0.29) is 0 Å². The molecule has 1 heterocycles. The van der Waals surface area contributed by atoms with Crippen LogP contribution in [0.2, 0.25) is 0 Å². The molecule has 2 aromatic rings. The molecule has 1 atom stereocenters. The summed E-state index contributed by atoms with van der Waals surface area (Å²) in [6, 6.07) is 8.59. The molecule has 0 saturated carbocycles. The zero-order valence-electron chi connectivity index (χ0n) is 12.5. The highest BCUT2D eigenvalue weighted by Gasteiger charge is 2.11. The maximum absolute atomic E-state index is 5.96. The van der Waals surface area contributed by atoms with Crippen molar-refractivity contribution in [3.05, 3.63) is 47.8 Å². The zero-order chi connectivity index (χ0) is 14.4. The molecule has 0 aliphatic carbocycles. The molecule has 4 heteroatoms. The zero-order valence-corrected chi connectivity index (χ0v) is 12.5. The Kier molecular flexibility index (Phi) is 5.18. The third-order valence-corrected chi connectivity index (χ3v) is 3.28. The Morgan fingerprint density at radius 3 is 2.95 bits per heavy atom. The molecule has 0 aliphatic rings. The topological polar surface area (TPSA) is 39.1 Å². The average molecular weight is 273 g/mol. The molecule has 0 fully saturated rings. The molecular formula is C16H23N3O. The van der Waals surface area contributed by atoms with Crippen LogP contribution in [0, 0.1) is 6.92 Å². The Morgan fingerprint density at radius 2 is 2.25 bits per heavy atom. The molecule has 0 bridgehead atoms. The van der Waals surface area contributed by atoms with Crippen LogP contribution in [0.15, 0.2) is 36.7 Å². The van der Waals surface area contributed by atoms with Crippen LogP contribution in [0.25, 0.3) is 0 Å². The van der Waals surface area contributed by atoms with E-state index < -0.39 is 0 Å². The van der Waals surface area contributed by atoms with Crippen molar-refractivity contribution < 1.29 is 4.74 Å². The molecule has 1 unspecified atom stereocenters. The average Bonchev–Trinajstić information content (AvgIpc) is 2.92. The van der Waals surface area contributed by atoms with E-state index >= 15 is 0 Å². The van der Waals surface area contributed by atoms with Crippen molar-refractivity contribution in [2.24, 2.45) is 0 Å². The van der Waals surface area contributed by atoms with Crippen molar-refractivity contribution in [3.63, 3.8) is 0 Å². The van der Waals surface area contributed by atoms with Gasteiger partial charge in [-0.15, -0.1) is 0 Å². The Hall–Kier alpha value is -1.81. The standard InChI is InChI=1S/C16H23N3O/c1-4-17-14(3)15-7-6-13(2)12-16(15)20-11-10-19-9-5-8-18-19/h5-9,12,14,17H,4,10-11H2,1-3H3. The monoisotopic (exact) mass is 273 g/mol. The summed E-state index contributed by atoms with van der Waals surface area (Å²) in [6.07, 6.45) is 3.73. The van der Waals surface area contributed by atoms with Crippen LogP contribution in [-0.4, -0.2) is 22.9 Å². The lowest BCUT2D eigenvalue weighted by Gasteiger charge is -2.18. The number of hydrogen-bond donors (Lipinski definition) is 1. The summed E-state index contributed by atoms with van der Waals surface area (Å²) in [5.74, 6) is 0.964. The first-order chi connectivity index (χ1) is 9.70. The van der Waals surface area contributed by atoms with Gasteiger partial charge in [0.05, 0.1) is 6.54 Å². The highest BCUT2D eigenvalue weighted by molar-refractivity contribution is 5.39. The summed E-state index contributed by atoms with van der Waals surface area (Å²) in [7, 11) is 0. The number of ether oxygens (including phenoxy) is 1. The molecule has 1 aromatic heterocycles. The Bertz CT molecular complexity index is 523. The van der Waals surface area contributed by atoms with Gasteiger partial charge in [-0.25, -0.2) is 0 Å². The number of aromatic nitrogens is 2. The fourth-order valence-electron chi connectivity index (χ4n) is 2.22. The Labute approximate surface area is 120 Å². The summed E-state index contributed by atoms with van der Waals surface area (Å²) in [5.41, 5.74) is 2.42. The molecule has 1 aromatic carbocycles. The lowest BCUT2D eigenvalue weighted by atomic mass is 10.0. The predicted molar refractivity (Wildman–Crippen MR) is 81.0 cm³/mol. The van der Waals surface area contributed by atoms with Crippen LogP contribution >= 0.6 is 0 Å². The maximum Gasteiger partial charge on any atom is 0.124 e. The highest BCUT2D eigenvalue weighted by Crippen LogP contribution is 2.26. The third kappa shape index (κ3) is 3.84. The molecule has 0 amide bonds. The smallest absolute Gasteiger partial charge is 0.124 e. The van der Waals surface area contributed by atoms with E-state index in [9.17, 15) is 0 Å². The van der Waals surface area contributed by atoms with E-state index in [4.69, 9.17) is 4.74 Å². The summed E-state index contributed by atoms with van der Waals surface area (Å²) in [4.78, 5) is 0. The molecule has 0 aliphatic heterocycles. The quantitative estimate of drug-likeness (QED) is 0.843. The van der Waals surface area contributed by atoms with Crippen LogP contribution in [0.1, 0.15) is 31.0 Å². The maximum atomic E-state index is 5.96. The van der Waals surface area contributed by atoms with Gasteiger partial charge >= 0.3 is 0 Å². The predicted octanol–water partition coefficient (Wildman–Crippen LogP) is 2.94. The second-order valence-electron chi connectivity index (χ2n) is 4.94. The van der Waals surface area contributed by atoms with Gasteiger partial charge in [0.25, 0.3) is 0 Å². The Morgan fingerprint density at radius 1 is 1.40 bits per heavy atom. The van der Waals surface area contributed by atoms with Crippen molar-refractivity contribution >= 4 is 0 Å². The van der Waals surface area contributed by atoms with Crippen LogP contribution in [0.4, 0.5) is 0 Å². The van der Waals surface area contributed by atoms with Crippen LogP contribution < -0.4 is 10.1 Å². The minimum Gasteiger partial charge on any atom is -0.491 e. The number of benzene rings is 1. The summed E-state index contributed by atoms with van der Waals surface area (Å²) in [6.45, 7) is 8.69. The number of hydrogen-bond acceptors (Lipinski definition) is 3. The van der Waals surface area contributed by atoms with E-state index in [0.29, 0.717) is 12.6 Å². The van der Waals surface area contributed by atoms with Crippen LogP contribution in [-0.2, 0) is 6.54 Å². The molecule has 20 heavy (non-hydrogen) atoms. The number of aryl methyl sites for hydroxylation is 1. The lowest BCUT2D eigenvalue weighted by molar-refractivity contribution is 0.286. The second-order valence-corrected chi connectivity index (χ2v) is 4.94. The van der Waals surface area contributed by atoms with Crippen LogP contribution in [0.5, 0.6) is 5.75 Å². The van der Waals surface area contributed by atoms with Gasteiger partial charge in [-0.1, -0.05) is 19.1 Å². The fraction of sp³-hybridized carbons (Fsp3) is 0.438.